The molecule has 0 atom stereocenters. The van der Waals surface area contributed by atoms with Gasteiger partial charge >= 0.3 is 0 Å². The first-order chi connectivity index (χ1) is 9.24. The Hall–Kier alpha value is -1.42. The van der Waals surface area contributed by atoms with E-state index in [4.69, 9.17) is 11.6 Å². The summed E-state index contributed by atoms with van der Waals surface area (Å²) in [4.78, 5) is 4.53. The van der Waals surface area contributed by atoms with E-state index in [1.807, 2.05) is 0 Å². The Balaban J connectivity index is 1.85. The molecule has 1 aromatic heterocycles. The first-order valence-electron chi connectivity index (χ1n) is 6.62. The highest BCUT2D eigenvalue weighted by Gasteiger charge is 2.19. The van der Waals surface area contributed by atoms with Gasteiger partial charge < -0.3 is 0 Å². The molecule has 0 amide bonds. The van der Waals surface area contributed by atoms with Gasteiger partial charge in [0.15, 0.2) is 5.82 Å². The summed E-state index contributed by atoms with van der Waals surface area (Å²) in [6, 6.07) is 4.55. The molecule has 0 radical (unpaired) electrons. The zero-order valence-corrected chi connectivity index (χ0v) is 11.3. The minimum absolute atomic E-state index is 0.0986. The standard InChI is InChI=1S/C14H15ClFN3/c15-11-8-10(6-7-12(11)16)14-17-13(18-19-14)9-4-2-1-3-5-9/h6-9H,1-5H2,(H,17,18,19). The van der Waals surface area contributed by atoms with Gasteiger partial charge in [0.1, 0.15) is 11.6 Å². The average molecular weight is 280 g/mol. The number of aromatic amines is 1. The van der Waals surface area contributed by atoms with Crippen molar-refractivity contribution in [3.63, 3.8) is 0 Å². The maximum absolute atomic E-state index is 13.1. The van der Waals surface area contributed by atoms with Crippen molar-refractivity contribution >= 4 is 11.6 Å². The lowest BCUT2D eigenvalue weighted by Crippen LogP contribution is -2.06. The molecule has 3 rings (SSSR count). The zero-order chi connectivity index (χ0) is 13.2. The molecule has 100 valence electrons. The van der Waals surface area contributed by atoms with Crippen LogP contribution in [0.1, 0.15) is 43.8 Å². The summed E-state index contributed by atoms with van der Waals surface area (Å²) in [6.07, 6.45) is 6.15. The third-order valence-corrected chi connectivity index (χ3v) is 3.96. The van der Waals surface area contributed by atoms with Crippen molar-refractivity contribution in [3.8, 4) is 11.4 Å². The molecule has 1 heterocycles. The first-order valence-corrected chi connectivity index (χ1v) is 6.99. The van der Waals surface area contributed by atoms with E-state index in [2.05, 4.69) is 15.2 Å². The number of halogens is 2. The molecule has 1 fully saturated rings. The summed E-state index contributed by atoms with van der Waals surface area (Å²) in [5, 5.41) is 7.32. The van der Waals surface area contributed by atoms with E-state index in [1.165, 1.54) is 38.2 Å². The molecule has 0 unspecified atom stereocenters. The van der Waals surface area contributed by atoms with Crippen molar-refractivity contribution < 1.29 is 4.39 Å². The predicted molar refractivity (Wildman–Crippen MR) is 72.6 cm³/mol. The SMILES string of the molecule is Fc1ccc(-c2n[nH]c(C3CCCCC3)n2)cc1Cl. The quantitative estimate of drug-likeness (QED) is 0.890. The number of rotatable bonds is 2. The summed E-state index contributed by atoms with van der Waals surface area (Å²) in [5.41, 5.74) is 0.740. The van der Waals surface area contributed by atoms with Crippen molar-refractivity contribution in [1.29, 1.82) is 0 Å². The largest absolute Gasteiger partial charge is 0.262 e. The van der Waals surface area contributed by atoms with Crippen molar-refractivity contribution in [2.24, 2.45) is 0 Å². The molecule has 1 aliphatic rings. The van der Waals surface area contributed by atoms with Gasteiger partial charge in [0.2, 0.25) is 0 Å². The summed E-state index contributed by atoms with van der Waals surface area (Å²) >= 11 is 5.78. The molecule has 2 aromatic rings. The molecule has 0 saturated heterocycles. The van der Waals surface area contributed by atoms with Crippen LogP contribution in [0.15, 0.2) is 18.2 Å². The zero-order valence-electron chi connectivity index (χ0n) is 10.5. The second-order valence-electron chi connectivity index (χ2n) is 5.01. The normalized spacial score (nSPS) is 16.7. The van der Waals surface area contributed by atoms with Gasteiger partial charge in [0, 0.05) is 11.5 Å². The number of benzene rings is 1. The summed E-state index contributed by atoms with van der Waals surface area (Å²) in [7, 11) is 0. The van der Waals surface area contributed by atoms with Crippen molar-refractivity contribution in [2.75, 3.05) is 0 Å². The lowest BCUT2D eigenvalue weighted by molar-refractivity contribution is 0.429. The van der Waals surface area contributed by atoms with E-state index in [-0.39, 0.29) is 5.02 Å². The van der Waals surface area contributed by atoms with Gasteiger partial charge in [-0.25, -0.2) is 9.37 Å². The number of nitrogens with one attached hydrogen (secondary N) is 1. The first kappa shape index (κ1) is 12.6. The van der Waals surface area contributed by atoms with Gasteiger partial charge in [-0.05, 0) is 31.0 Å². The fourth-order valence-corrected chi connectivity index (χ4v) is 2.78. The second-order valence-corrected chi connectivity index (χ2v) is 5.42. The van der Waals surface area contributed by atoms with Crippen molar-refractivity contribution in [3.05, 3.63) is 34.9 Å². The van der Waals surface area contributed by atoms with Crippen LogP contribution in [0.4, 0.5) is 4.39 Å². The highest BCUT2D eigenvalue weighted by atomic mass is 35.5. The minimum Gasteiger partial charge on any atom is -0.262 e. The van der Waals surface area contributed by atoms with Crippen LogP contribution in [0.3, 0.4) is 0 Å². The van der Waals surface area contributed by atoms with Gasteiger partial charge in [0.25, 0.3) is 0 Å². The maximum atomic E-state index is 13.1. The lowest BCUT2D eigenvalue weighted by atomic mass is 9.89. The predicted octanol–water partition coefficient (Wildman–Crippen LogP) is 4.31. The Bertz CT molecular complexity index is 576. The maximum Gasteiger partial charge on any atom is 0.181 e. The molecule has 1 N–H and O–H groups in total. The van der Waals surface area contributed by atoms with Gasteiger partial charge in [-0.2, -0.15) is 5.10 Å². The summed E-state index contributed by atoms with van der Waals surface area (Å²) in [5.74, 6) is 1.58. The van der Waals surface area contributed by atoms with Crippen molar-refractivity contribution in [1.82, 2.24) is 15.2 Å². The number of nitrogens with zero attached hydrogens (tertiary/aromatic N) is 2. The van der Waals surface area contributed by atoms with E-state index in [0.717, 1.165) is 11.4 Å². The van der Waals surface area contributed by atoms with E-state index < -0.39 is 5.82 Å². The Morgan fingerprint density at radius 3 is 2.74 bits per heavy atom. The number of hydrogen-bond acceptors (Lipinski definition) is 2. The van der Waals surface area contributed by atoms with Crippen LogP contribution in [-0.4, -0.2) is 15.2 Å². The molecular formula is C14H15ClFN3. The van der Waals surface area contributed by atoms with Gasteiger partial charge in [-0.3, -0.25) is 5.10 Å². The van der Waals surface area contributed by atoms with E-state index in [9.17, 15) is 4.39 Å². The lowest BCUT2D eigenvalue weighted by Gasteiger charge is -2.18. The van der Waals surface area contributed by atoms with Crippen LogP contribution in [0.5, 0.6) is 0 Å². The summed E-state index contributed by atoms with van der Waals surface area (Å²) in [6.45, 7) is 0. The number of H-pyrrole nitrogens is 1. The Morgan fingerprint density at radius 2 is 2.00 bits per heavy atom. The van der Waals surface area contributed by atoms with E-state index in [1.54, 1.807) is 12.1 Å². The van der Waals surface area contributed by atoms with Crippen LogP contribution in [0, 0.1) is 5.82 Å². The van der Waals surface area contributed by atoms with Gasteiger partial charge in [-0.1, -0.05) is 30.9 Å². The second kappa shape index (κ2) is 5.29. The molecular weight excluding hydrogens is 265 g/mol. The highest BCUT2D eigenvalue weighted by molar-refractivity contribution is 6.31. The fourth-order valence-electron chi connectivity index (χ4n) is 2.60. The fraction of sp³-hybridized carbons (Fsp3) is 0.429. The Morgan fingerprint density at radius 1 is 1.21 bits per heavy atom. The highest BCUT2D eigenvalue weighted by Crippen LogP contribution is 2.31. The molecule has 1 aliphatic carbocycles. The van der Waals surface area contributed by atoms with Gasteiger partial charge in [-0.15, -0.1) is 0 Å². The molecule has 0 spiro atoms. The molecule has 1 aromatic carbocycles. The molecule has 1 saturated carbocycles. The molecule has 3 nitrogen and oxygen atoms in total. The third kappa shape index (κ3) is 2.63. The number of aromatic nitrogens is 3. The molecule has 0 aliphatic heterocycles. The van der Waals surface area contributed by atoms with E-state index in [0.29, 0.717) is 11.7 Å². The Kier molecular flexibility index (Phi) is 3.51. The Labute approximate surface area is 116 Å². The monoisotopic (exact) mass is 279 g/mol. The van der Waals surface area contributed by atoms with Crippen molar-refractivity contribution in [2.45, 2.75) is 38.0 Å². The molecule has 5 heteroatoms. The molecule has 19 heavy (non-hydrogen) atoms. The topological polar surface area (TPSA) is 41.6 Å². The molecule has 0 bridgehead atoms. The van der Waals surface area contributed by atoms with Crippen LogP contribution >= 0.6 is 11.6 Å². The van der Waals surface area contributed by atoms with Gasteiger partial charge in [0.05, 0.1) is 5.02 Å². The smallest absolute Gasteiger partial charge is 0.181 e. The average Bonchev–Trinajstić information content (AvgIpc) is 2.93. The van der Waals surface area contributed by atoms with Crippen LogP contribution in [-0.2, 0) is 0 Å². The van der Waals surface area contributed by atoms with E-state index >= 15 is 0 Å². The summed E-state index contributed by atoms with van der Waals surface area (Å²) < 4.78 is 13.1. The third-order valence-electron chi connectivity index (χ3n) is 3.67. The minimum atomic E-state index is -0.423. The van der Waals surface area contributed by atoms with Crippen LogP contribution in [0.2, 0.25) is 5.02 Å². The number of hydrogen-bond donors (Lipinski definition) is 1. The van der Waals surface area contributed by atoms with Crippen LogP contribution < -0.4 is 0 Å². The van der Waals surface area contributed by atoms with Crippen LogP contribution in [0.25, 0.3) is 11.4 Å².